The van der Waals surface area contributed by atoms with Gasteiger partial charge < -0.3 is 5.11 Å². The first-order valence-corrected chi connectivity index (χ1v) is 9.48. The van der Waals surface area contributed by atoms with Gasteiger partial charge in [-0.05, 0) is 24.6 Å². The van der Waals surface area contributed by atoms with Crippen molar-refractivity contribution in [3.8, 4) is 0 Å². The Bertz CT molecular complexity index is 583. The first-order valence-electron chi connectivity index (χ1n) is 6.84. The number of halogens is 1. The fourth-order valence-corrected chi connectivity index (χ4v) is 3.79. The molecule has 0 amide bonds. The average molecular weight is 377 g/mol. The maximum absolute atomic E-state index is 11.6. The summed E-state index contributed by atoms with van der Waals surface area (Å²) in [6, 6.07) is 7.89. The van der Waals surface area contributed by atoms with Crippen molar-refractivity contribution in [3.05, 3.63) is 34.3 Å². The van der Waals surface area contributed by atoms with Gasteiger partial charge in [0.25, 0.3) is 0 Å². The van der Waals surface area contributed by atoms with Gasteiger partial charge in [0.2, 0.25) is 10.0 Å². The number of sulfonamides is 1. The Morgan fingerprint density at radius 1 is 1.19 bits per heavy atom. The molecule has 0 bridgehead atoms. The molecule has 1 atom stereocenters. The van der Waals surface area contributed by atoms with Crippen LogP contribution in [0.25, 0.3) is 0 Å². The summed E-state index contributed by atoms with van der Waals surface area (Å²) in [5, 5.41) is 9.90. The molecule has 21 heavy (non-hydrogen) atoms. The normalized spacial score (nSPS) is 21.1. The van der Waals surface area contributed by atoms with Crippen molar-refractivity contribution in [2.75, 3.05) is 39.0 Å². The van der Waals surface area contributed by atoms with Crippen LogP contribution in [0.4, 0.5) is 0 Å². The molecule has 1 fully saturated rings. The molecule has 2 rings (SSSR count). The van der Waals surface area contributed by atoms with Crippen molar-refractivity contribution in [2.24, 2.45) is 0 Å². The molecule has 1 aliphatic rings. The number of benzene rings is 1. The van der Waals surface area contributed by atoms with Crippen molar-refractivity contribution >= 4 is 26.0 Å². The summed E-state index contributed by atoms with van der Waals surface area (Å²) in [6.07, 6.45) is 1.24. The third-order valence-electron chi connectivity index (χ3n) is 4.18. The van der Waals surface area contributed by atoms with Gasteiger partial charge >= 0.3 is 0 Å². The van der Waals surface area contributed by atoms with Gasteiger partial charge in [0, 0.05) is 30.7 Å². The first kappa shape index (κ1) is 16.9. The van der Waals surface area contributed by atoms with E-state index in [1.807, 2.05) is 31.2 Å². The summed E-state index contributed by atoms with van der Waals surface area (Å²) in [7, 11) is -3.13. The highest BCUT2D eigenvalue weighted by atomic mass is 79.9. The van der Waals surface area contributed by atoms with Crippen molar-refractivity contribution in [1.82, 2.24) is 9.21 Å². The molecule has 5 nitrogen and oxygen atoms in total. The number of hydrogen-bond donors (Lipinski definition) is 1. The molecule has 1 aliphatic heterocycles. The molecular weight excluding hydrogens is 356 g/mol. The lowest BCUT2D eigenvalue weighted by Gasteiger charge is -2.44. The van der Waals surface area contributed by atoms with Crippen molar-refractivity contribution in [1.29, 1.82) is 0 Å². The van der Waals surface area contributed by atoms with Gasteiger partial charge in [0.15, 0.2) is 0 Å². The van der Waals surface area contributed by atoms with Gasteiger partial charge in [0.1, 0.15) is 0 Å². The maximum Gasteiger partial charge on any atom is 0.211 e. The van der Waals surface area contributed by atoms with Gasteiger partial charge in [0.05, 0.1) is 18.4 Å². The highest BCUT2D eigenvalue weighted by Crippen LogP contribution is 2.30. The molecule has 0 radical (unpaired) electrons. The van der Waals surface area contributed by atoms with E-state index in [9.17, 15) is 13.5 Å². The minimum absolute atomic E-state index is 0.00644. The van der Waals surface area contributed by atoms with E-state index in [1.165, 1.54) is 10.6 Å². The van der Waals surface area contributed by atoms with E-state index in [2.05, 4.69) is 20.8 Å². The molecule has 1 unspecified atom stereocenters. The Balaban J connectivity index is 2.17. The van der Waals surface area contributed by atoms with Gasteiger partial charge in [-0.2, -0.15) is 4.31 Å². The highest BCUT2D eigenvalue weighted by molar-refractivity contribution is 9.10. The van der Waals surface area contributed by atoms with Crippen LogP contribution in [-0.4, -0.2) is 61.8 Å². The molecule has 0 spiro atoms. The van der Waals surface area contributed by atoms with Crippen LogP contribution in [0.2, 0.25) is 0 Å². The molecule has 0 aromatic heterocycles. The van der Waals surface area contributed by atoms with E-state index >= 15 is 0 Å². The third kappa shape index (κ3) is 3.65. The minimum Gasteiger partial charge on any atom is -0.394 e. The summed E-state index contributed by atoms with van der Waals surface area (Å²) in [5.74, 6) is 0. The van der Waals surface area contributed by atoms with Crippen LogP contribution in [0.3, 0.4) is 0 Å². The van der Waals surface area contributed by atoms with Gasteiger partial charge in [-0.1, -0.05) is 28.1 Å². The van der Waals surface area contributed by atoms with Crippen LogP contribution in [-0.2, 0) is 15.6 Å². The lowest BCUT2D eigenvalue weighted by molar-refractivity contribution is 0.0179. The van der Waals surface area contributed by atoms with E-state index < -0.39 is 15.6 Å². The SMILES string of the molecule is CC(CO)(c1ccc(Br)cc1)N1CCN(S(C)(=O)=O)CC1. The van der Waals surface area contributed by atoms with Gasteiger partial charge in [-0.15, -0.1) is 0 Å². The number of hydrogen-bond acceptors (Lipinski definition) is 4. The topological polar surface area (TPSA) is 60.9 Å². The van der Waals surface area contributed by atoms with Crippen molar-refractivity contribution < 1.29 is 13.5 Å². The van der Waals surface area contributed by atoms with E-state index in [1.54, 1.807) is 0 Å². The van der Waals surface area contributed by atoms with Crippen LogP contribution < -0.4 is 0 Å². The van der Waals surface area contributed by atoms with Crippen LogP contribution in [0.5, 0.6) is 0 Å². The Morgan fingerprint density at radius 3 is 2.14 bits per heavy atom. The number of piperazine rings is 1. The first-order chi connectivity index (χ1) is 9.77. The quantitative estimate of drug-likeness (QED) is 0.858. The molecule has 1 saturated heterocycles. The monoisotopic (exact) mass is 376 g/mol. The maximum atomic E-state index is 11.6. The molecule has 1 aromatic carbocycles. The predicted molar refractivity (Wildman–Crippen MR) is 86.6 cm³/mol. The predicted octanol–water partition coefficient (Wildman–Crippen LogP) is 1.23. The third-order valence-corrected chi connectivity index (χ3v) is 6.01. The minimum atomic E-state index is -3.13. The lowest BCUT2D eigenvalue weighted by Crippen LogP contribution is -2.56. The summed E-state index contributed by atoms with van der Waals surface area (Å²) < 4.78 is 25.6. The summed E-state index contributed by atoms with van der Waals surface area (Å²) in [4.78, 5) is 2.15. The zero-order valence-electron chi connectivity index (χ0n) is 12.3. The van der Waals surface area contributed by atoms with Gasteiger partial charge in [-0.25, -0.2) is 8.42 Å². The number of nitrogens with zero attached hydrogens (tertiary/aromatic N) is 2. The molecule has 1 heterocycles. The second-order valence-corrected chi connectivity index (χ2v) is 8.49. The number of rotatable bonds is 4. The molecule has 0 saturated carbocycles. The average Bonchev–Trinajstić information content (AvgIpc) is 2.46. The Kier molecular flexibility index (Phi) is 5.10. The molecule has 0 aliphatic carbocycles. The fourth-order valence-electron chi connectivity index (χ4n) is 2.70. The van der Waals surface area contributed by atoms with Crippen LogP contribution >= 0.6 is 15.9 Å². The smallest absolute Gasteiger partial charge is 0.211 e. The zero-order valence-corrected chi connectivity index (χ0v) is 14.7. The fraction of sp³-hybridized carbons (Fsp3) is 0.571. The molecule has 118 valence electrons. The Labute approximate surface area is 134 Å². The molecule has 1 N–H and O–H groups in total. The summed E-state index contributed by atoms with van der Waals surface area (Å²) in [6.45, 7) is 4.14. The van der Waals surface area contributed by atoms with Crippen LogP contribution in [0.15, 0.2) is 28.7 Å². The summed E-state index contributed by atoms with van der Waals surface area (Å²) in [5.41, 5.74) is 0.533. The standard InChI is InChI=1S/C14H21BrN2O3S/c1-14(11-18,12-3-5-13(15)6-4-12)16-7-9-17(10-8-16)21(2,19)20/h3-6,18H,7-11H2,1-2H3. The zero-order chi connectivity index (χ0) is 15.7. The second-order valence-electron chi connectivity index (χ2n) is 5.59. The van der Waals surface area contributed by atoms with Crippen molar-refractivity contribution in [2.45, 2.75) is 12.5 Å². The lowest BCUT2D eigenvalue weighted by atomic mass is 9.90. The Hall–Kier alpha value is -0.470. The van der Waals surface area contributed by atoms with Crippen LogP contribution in [0, 0.1) is 0 Å². The Morgan fingerprint density at radius 2 is 1.71 bits per heavy atom. The van der Waals surface area contributed by atoms with E-state index in [0.29, 0.717) is 26.2 Å². The molecular formula is C14H21BrN2O3S. The number of aliphatic hydroxyl groups excluding tert-OH is 1. The molecule has 7 heteroatoms. The van der Waals surface area contributed by atoms with E-state index in [0.717, 1.165) is 10.0 Å². The highest BCUT2D eigenvalue weighted by Gasteiger charge is 2.36. The van der Waals surface area contributed by atoms with Crippen LogP contribution in [0.1, 0.15) is 12.5 Å². The van der Waals surface area contributed by atoms with E-state index in [4.69, 9.17) is 0 Å². The summed E-state index contributed by atoms with van der Waals surface area (Å²) >= 11 is 3.41. The molecule has 1 aromatic rings. The van der Waals surface area contributed by atoms with E-state index in [-0.39, 0.29) is 6.61 Å². The van der Waals surface area contributed by atoms with Gasteiger partial charge in [-0.3, -0.25) is 4.90 Å². The van der Waals surface area contributed by atoms with Crippen molar-refractivity contribution in [3.63, 3.8) is 0 Å². The second kappa shape index (κ2) is 6.34. The number of aliphatic hydroxyl groups is 1. The largest absolute Gasteiger partial charge is 0.394 e.